The van der Waals surface area contributed by atoms with Gasteiger partial charge in [0.25, 0.3) is 0 Å². The van der Waals surface area contributed by atoms with Gasteiger partial charge in [0.05, 0.1) is 6.04 Å². The van der Waals surface area contributed by atoms with Crippen molar-refractivity contribution in [2.75, 3.05) is 11.1 Å². The third-order valence-corrected chi connectivity index (χ3v) is 5.10. The van der Waals surface area contributed by atoms with Crippen LogP contribution in [0.3, 0.4) is 0 Å². The summed E-state index contributed by atoms with van der Waals surface area (Å²) >= 11 is 1.61. The number of rotatable bonds is 6. The van der Waals surface area contributed by atoms with Gasteiger partial charge in [0.1, 0.15) is 5.58 Å². The number of amides is 1. The SMILES string of the molecule is Cc1cc(=O)oc2cc(NC(=O)[C@@H](N)CSCc3ccccc3)ccc12. The molecule has 1 amide bonds. The van der Waals surface area contributed by atoms with Crippen molar-refractivity contribution in [1.82, 2.24) is 0 Å². The number of benzene rings is 2. The van der Waals surface area contributed by atoms with Crippen molar-refractivity contribution in [2.45, 2.75) is 18.7 Å². The van der Waals surface area contributed by atoms with Crippen molar-refractivity contribution in [2.24, 2.45) is 5.73 Å². The summed E-state index contributed by atoms with van der Waals surface area (Å²) in [6.45, 7) is 1.84. The lowest BCUT2D eigenvalue weighted by Gasteiger charge is -2.12. The van der Waals surface area contributed by atoms with Gasteiger partial charge in [0, 0.05) is 34.7 Å². The Bertz CT molecular complexity index is 970. The molecule has 2 aromatic carbocycles. The van der Waals surface area contributed by atoms with Crippen LogP contribution in [0, 0.1) is 6.92 Å². The van der Waals surface area contributed by atoms with Crippen molar-refractivity contribution < 1.29 is 9.21 Å². The summed E-state index contributed by atoms with van der Waals surface area (Å²) in [5.41, 5.74) is 8.61. The van der Waals surface area contributed by atoms with E-state index in [2.05, 4.69) is 5.32 Å². The minimum atomic E-state index is -0.621. The molecule has 26 heavy (non-hydrogen) atoms. The molecule has 3 N–H and O–H groups in total. The van der Waals surface area contributed by atoms with Gasteiger partial charge >= 0.3 is 5.63 Å². The number of anilines is 1. The second-order valence-corrected chi connectivity index (χ2v) is 7.09. The van der Waals surface area contributed by atoms with Gasteiger partial charge in [-0.2, -0.15) is 11.8 Å². The zero-order valence-corrected chi connectivity index (χ0v) is 15.2. The Kier molecular flexibility index (Phi) is 5.75. The zero-order chi connectivity index (χ0) is 18.5. The van der Waals surface area contributed by atoms with E-state index >= 15 is 0 Å². The van der Waals surface area contributed by atoms with Crippen LogP contribution in [0.1, 0.15) is 11.1 Å². The van der Waals surface area contributed by atoms with Gasteiger partial charge in [-0.1, -0.05) is 30.3 Å². The van der Waals surface area contributed by atoms with E-state index in [0.717, 1.165) is 16.7 Å². The lowest BCUT2D eigenvalue weighted by Crippen LogP contribution is -2.37. The summed E-state index contributed by atoms with van der Waals surface area (Å²) in [6.07, 6.45) is 0. The Labute approximate surface area is 155 Å². The number of carbonyl (C=O) groups excluding carboxylic acids is 1. The van der Waals surface area contributed by atoms with Crippen LogP contribution in [0.15, 0.2) is 63.8 Å². The molecule has 0 unspecified atom stereocenters. The second-order valence-electron chi connectivity index (χ2n) is 6.06. The maximum atomic E-state index is 12.3. The first-order valence-electron chi connectivity index (χ1n) is 8.25. The Morgan fingerprint density at radius 1 is 1.19 bits per heavy atom. The number of fused-ring (bicyclic) bond motifs is 1. The molecular formula is C20H20N2O3S. The highest BCUT2D eigenvalue weighted by Crippen LogP contribution is 2.21. The molecule has 0 fully saturated rings. The van der Waals surface area contributed by atoms with Crippen LogP contribution in [0.25, 0.3) is 11.0 Å². The summed E-state index contributed by atoms with van der Waals surface area (Å²) in [6, 6.07) is 16.1. The summed E-state index contributed by atoms with van der Waals surface area (Å²) in [5, 5.41) is 3.62. The van der Waals surface area contributed by atoms with Gasteiger partial charge in [0.2, 0.25) is 5.91 Å². The highest BCUT2D eigenvalue weighted by Gasteiger charge is 2.14. The average molecular weight is 368 g/mol. The van der Waals surface area contributed by atoms with Crippen LogP contribution >= 0.6 is 11.8 Å². The quantitative estimate of drug-likeness (QED) is 0.652. The third-order valence-electron chi connectivity index (χ3n) is 3.96. The zero-order valence-electron chi connectivity index (χ0n) is 14.4. The first-order valence-corrected chi connectivity index (χ1v) is 9.41. The molecule has 1 aromatic heterocycles. The summed E-state index contributed by atoms with van der Waals surface area (Å²) in [7, 11) is 0. The summed E-state index contributed by atoms with van der Waals surface area (Å²) < 4.78 is 5.20. The van der Waals surface area contributed by atoms with E-state index in [4.69, 9.17) is 10.2 Å². The highest BCUT2D eigenvalue weighted by atomic mass is 32.2. The molecule has 134 valence electrons. The van der Waals surface area contributed by atoms with E-state index in [1.165, 1.54) is 11.6 Å². The minimum Gasteiger partial charge on any atom is -0.423 e. The van der Waals surface area contributed by atoms with E-state index in [-0.39, 0.29) is 5.91 Å². The Hall–Kier alpha value is -2.57. The monoisotopic (exact) mass is 368 g/mol. The number of thioether (sulfide) groups is 1. The van der Waals surface area contributed by atoms with Crippen molar-refractivity contribution in [3.8, 4) is 0 Å². The molecular weight excluding hydrogens is 348 g/mol. The van der Waals surface area contributed by atoms with Gasteiger partial charge in [0.15, 0.2) is 0 Å². The van der Waals surface area contributed by atoms with E-state index < -0.39 is 11.7 Å². The molecule has 0 aliphatic heterocycles. The largest absolute Gasteiger partial charge is 0.423 e. The van der Waals surface area contributed by atoms with E-state index in [1.54, 1.807) is 23.9 Å². The Morgan fingerprint density at radius 2 is 1.96 bits per heavy atom. The van der Waals surface area contributed by atoms with Gasteiger partial charge in [-0.25, -0.2) is 4.79 Å². The van der Waals surface area contributed by atoms with Crippen molar-refractivity contribution in [3.63, 3.8) is 0 Å². The molecule has 6 heteroatoms. The number of hydrogen-bond acceptors (Lipinski definition) is 5. The smallest absolute Gasteiger partial charge is 0.336 e. The molecule has 0 saturated carbocycles. The minimum absolute atomic E-state index is 0.264. The predicted octanol–water partition coefficient (Wildman–Crippen LogP) is 3.30. The Morgan fingerprint density at radius 3 is 2.73 bits per heavy atom. The summed E-state index contributed by atoms with van der Waals surface area (Å²) in [5.74, 6) is 1.06. The molecule has 1 atom stereocenters. The highest BCUT2D eigenvalue weighted by molar-refractivity contribution is 7.98. The van der Waals surface area contributed by atoms with Crippen LogP contribution in [-0.4, -0.2) is 17.7 Å². The number of hydrogen-bond donors (Lipinski definition) is 2. The second kappa shape index (κ2) is 8.21. The van der Waals surface area contributed by atoms with Gasteiger partial charge in [-0.05, 0) is 30.2 Å². The standard InChI is InChI=1S/C20H20N2O3S/c1-13-9-19(23)25-18-10-15(7-8-16(13)18)22-20(24)17(21)12-26-11-14-5-3-2-4-6-14/h2-10,17H,11-12,21H2,1H3,(H,22,24)/t17-/m0/s1. The molecule has 0 radical (unpaired) electrons. The van der Waals surface area contributed by atoms with E-state index in [1.807, 2.05) is 43.3 Å². The average Bonchev–Trinajstić information content (AvgIpc) is 2.62. The lowest BCUT2D eigenvalue weighted by molar-refractivity contribution is -0.116. The fraction of sp³-hybridized carbons (Fsp3) is 0.200. The first-order chi connectivity index (χ1) is 12.5. The summed E-state index contributed by atoms with van der Waals surface area (Å²) in [4.78, 5) is 23.8. The first kappa shape index (κ1) is 18.2. The van der Waals surface area contributed by atoms with Crippen molar-refractivity contribution in [3.05, 3.63) is 76.1 Å². The molecule has 3 rings (SSSR count). The van der Waals surface area contributed by atoms with E-state index in [9.17, 15) is 9.59 Å². The van der Waals surface area contributed by atoms with Crippen LogP contribution in [0.5, 0.6) is 0 Å². The fourth-order valence-corrected chi connectivity index (χ4v) is 3.54. The maximum absolute atomic E-state index is 12.3. The molecule has 0 aliphatic rings. The van der Waals surface area contributed by atoms with Gasteiger partial charge in [-0.3, -0.25) is 4.79 Å². The van der Waals surface area contributed by atoms with E-state index in [0.29, 0.717) is 17.0 Å². The number of nitrogens with one attached hydrogen (secondary N) is 1. The third kappa shape index (κ3) is 4.53. The number of aryl methyl sites for hydroxylation is 1. The molecule has 1 heterocycles. The van der Waals surface area contributed by atoms with Gasteiger partial charge in [-0.15, -0.1) is 0 Å². The van der Waals surface area contributed by atoms with Crippen molar-refractivity contribution >= 4 is 34.3 Å². The van der Waals surface area contributed by atoms with Crippen LogP contribution in [-0.2, 0) is 10.5 Å². The predicted molar refractivity (Wildman–Crippen MR) is 106 cm³/mol. The fourth-order valence-electron chi connectivity index (χ4n) is 2.59. The molecule has 3 aromatic rings. The molecule has 0 bridgehead atoms. The molecule has 0 aliphatic carbocycles. The molecule has 5 nitrogen and oxygen atoms in total. The van der Waals surface area contributed by atoms with Crippen molar-refractivity contribution in [1.29, 1.82) is 0 Å². The van der Waals surface area contributed by atoms with Crippen LogP contribution < -0.4 is 16.7 Å². The lowest BCUT2D eigenvalue weighted by atomic mass is 10.1. The number of carbonyl (C=O) groups is 1. The van der Waals surface area contributed by atoms with Gasteiger partial charge < -0.3 is 15.5 Å². The Balaban J connectivity index is 1.60. The topological polar surface area (TPSA) is 85.3 Å². The molecule has 0 spiro atoms. The number of nitrogens with two attached hydrogens (primary N) is 1. The van der Waals surface area contributed by atoms with Crippen LogP contribution in [0.2, 0.25) is 0 Å². The normalized spacial score (nSPS) is 12.1. The molecule has 0 saturated heterocycles. The van der Waals surface area contributed by atoms with Crippen LogP contribution in [0.4, 0.5) is 5.69 Å². The maximum Gasteiger partial charge on any atom is 0.336 e.